The fourth-order valence-electron chi connectivity index (χ4n) is 2.78. The predicted molar refractivity (Wildman–Crippen MR) is 85.9 cm³/mol. The molecule has 1 aliphatic heterocycles. The third-order valence-corrected chi connectivity index (χ3v) is 4.33. The fourth-order valence-corrected chi connectivity index (χ4v) is 3.04. The minimum Gasteiger partial charge on any atom is -0.352 e. The Morgan fingerprint density at radius 2 is 2.05 bits per heavy atom. The van der Waals surface area contributed by atoms with Crippen LogP contribution >= 0.6 is 15.9 Å². The zero-order valence-corrected chi connectivity index (χ0v) is 14.0. The van der Waals surface area contributed by atoms with Crippen molar-refractivity contribution in [1.29, 1.82) is 0 Å². The van der Waals surface area contributed by atoms with E-state index in [1.165, 1.54) is 12.5 Å². The van der Waals surface area contributed by atoms with Gasteiger partial charge in [0, 0.05) is 24.0 Å². The van der Waals surface area contributed by atoms with Crippen LogP contribution in [0.4, 0.5) is 0 Å². The molecule has 2 atom stereocenters. The summed E-state index contributed by atoms with van der Waals surface area (Å²) in [6, 6.07) is 7.84. The lowest BCUT2D eigenvalue weighted by Crippen LogP contribution is -2.48. The van der Waals surface area contributed by atoms with E-state index in [9.17, 15) is 9.59 Å². The first-order valence-electron chi connectivity index (χ1n) is 7.29. The van der Waals surface area contributed by atoms with Crippen LogP contribution in [0.5, 0.6) is 0 Å². The summed E-state index contributed by atoms with van der Waals surface area (Å²) in [6.45, 7) is 4.21. The van der Waals surface area contributed by atoms with E-state index < -0.39 is 0 Å². The molecule has 1 aliphatic rings. The Bertz CT molecular complexity index is 516. The van der Waals surface area contributed by atoms with Gasteiger partial charge in [0.2, 0.25) is 11.8 Å². The molecule has 2 rings (SSSR count). The SMILES string of the molecule is CC(=O)N1CCCC1C(=O)NC(C)Cc1ccc(Br)cc1. The normalized spacial score (nSPS) is 19.4. The van der Waals surface area contributed by atoms with E-state index in [2.05, 4.69) is 21.2 Å². The maximum atomic E-state index is 12.3. The molecule has 1 heterocycles. The molecule has 5 heteroatoms. The van der Waals surface area contributed by atoms with E-state index in [1.807, 2.05) is 31.2 Å². The van der Waals surface area contributed by atoms with Gasteiger partial charge in [-0.3, -0.25) is 9.59 Å². The lowest BCUT2D eigenvalue weighted by molar-refractivity contribution is -0.137. The van der Waals surface area contributed by atoms with Crippen molar-refractivity contribution in [1.82, 2.24) is 10.2 Å². The van der Waals surface area contributed by atoms with Crippen molar-refractivity contribution in [3.8, 4) is 0 Å². The molecule has 0 radical (unpaired) electrons. The highest BCUT2D eigenvalue weighted by Crippen LogP contribution is 2.18. The Kier molecular flexibility index (Phi) is 5.39. The van der Waals surface area contributed by atoms with Crippen LogP contribution in [0.25, 0.3) is 0 Å². The highest BCUT2D eigenvalue weighted by atomic mass is 79.9. The summed E-state index contributed by atoms with van der Waals surface area (Å²) < 4.78 is 1.05. The first kappa shape index (κ1) is 16.0. The Balaban J connectivity index is 1.90. The summed E-state index contributed by atoms with van der Waals surface area (Å²) in [7, 11) is 0. The van der Waals surface area contributed by atoms with Crippen molar-refractivity contribution in [2.45, 2.75) is 45.2 Å². The molecule has 114 valence electrons. The van der Waals surface area contributed by atoms with E-state index in [4.69, 9.17) is 0 Å². The van der Waals surface area contributed by atoms with E-state index in [0.717, 1.165) is 23.7 Å². The molecule has 1 N–H and O–H groups in total. The van der Waals surface area contributed by atoms with Crippen molar-refractivity contribution < 1.29 is 9.59 Å². The second-order valence-electron chi connectivity index (χ2n) is 5.61. The number of amides is 2. The lowest BCUT2D eigenvalue weighted by atomic mass is 10.1. The van der Waals surface area contributed by atoms with Gasteiger partial charge in [0.15, 0.2) is 0 Å². The van der Waals surface area contributed by atoms with Crippen LogP contribution in [0.3, 0.4) is 0 Å². The summed E-state index contributed by atoms with van der Waals surface area (Å²) in [5, 5.41) is 3.03. The number of carbonyl (C=O) groups is 2. The fraction of sp³-hybridized carbons (Fsp3) is 0.500. The number of halogens is 1. The van der Waals surface area contributed by atoms with Gasteiger partial charge in [0.1, 0.15) is 6.04 Å². The molecule has 0 saturated carbocycles. The average Bonchev–Trinajstić information content (AvgIpc) is 2.91. The van der Waals surface area contributed by atoms with Gasteiger partial charge >= 0.3 is 0 Å². The number of benzene rings is 1. The first-order valence-corrected chi connectivity index (χ1v) is 8.08. The summed E-state index contributed by atoms with van der Waals surface area (Å²) in [5.74, 6) is -0.0551. The molecule has 1 aromatic rings. The molecule has 2 amide bonds. The zero-order valence-electron chi connectivity index (χ0n) is 12.4. The maximum Gasteiger partial charge on any atom is 0.243 e. The van der Waals surface area contributed by atoms with Gasteiger partial charge in [-0.25, -0.2) is 0 Å². The highest BCUT2D eigenvalue weighted by molar-refractivity contribution is 9.10. The monoisotopic (exact) mass is 352 g/mol. The molecule has 2 unspecified atom stereocenters. The number of rotatable bonds is 4. The maximum absolute atomic E-state index is 12.3. The lowest BCUT2D eigenvalue weighted by Gasteiger charge is -2.24. The average molecular weight is 353 g/mol. The van der Waals surface area contributed by atoms with Gasteiger partial charge in [0.05, 0.1) is 0 Å². The van der Waals surface area contributed by atoms with Crippen molar-refractivity contribution >= 4 is 27.7 Å². The molecule has 1 aromatic carbocycles. The summed E-state index contributed by atoms with van der Waals surface area (Å²) in [4.78, 5) is 25.5. The van der Waals surface area contributed by atoms with E-state index in [0.29, 0.717) is 6.54 Å². The van der Waals surface area contributed by atoms with Crippen LogP contribution in [0.1, 0.15) is 32.3 Å². The smallest absolute Gasteiger partial charge is 0.243 e. The van der Waals surface area contributed by atoms with Crippen LogP contribution in [-0.4, -0.2) is 35.3 Å². The predicted octanol–water partition coefficient (Wildman–Crippen LogP) is 2.51. The number of hydrogen-bond donors (Lipinski definition) is 1. The van der Waals surface area contributed by atoms with Gasteiger partial charge in [0.25, 0.3) is 0 Å². The number of likely N-dealkylation sites (tertiary alicyclic amines) is 1. The Morgan fingerprint density at radius 3 is 2.67 bits per heavy atom. The van der Waals surface area contributed by atoms with Crippen LogP contribution in [-0.2, 0) is 16.0 Å². The molecule has 0 aromatic heterocycles. The molecule has 0 bridgehead atoms. The molecule has 0 aliphatic carbocycles. The van der Waals surface area contributed by atoms with Crippen LogP contribution in [0, 0.1) is 0 Å². The number of nitrogens with one attached hydrogen (secondary N) is 1. The number of hydrogen-bond acceptors (Lipinski definition) is 2. The number of nitrogens with zero attached hydrogens (tertiary/aromatic N) is 1. The van der Waals surface area contributed by atoms with Crippen molar-refractivity contribution in [2.24, 2.45) is 0 Å². The van der Waals surface area contributed by atoms with E-state index in [-0.39, 0.29) is 23.9 Å². The second-order valence-corrected chi connectivity index (χ2v) is 6.53. The summed E-state index contributed by atoms with van der Waals surface area (Å²) in [5.41, 5.74) is 1.18. The molecule has 21 heavy (non-hydrogen) atoms. The topological polar surface area (TPSA) is 49.4 Å². The molecule has 1 saturated heterocycles. The van der Waals surface area contributed by atoms with Gasteiger partial charge in [-0.1, -0.05) is 28.1 Å². The third kappa shape index (κ3) is 4.30. The first-order chi connectivity index (χ1) is 9.97. The van der Waals surface area contributed by atoms with Crippen molar-refractivity contribution in [3.05, 3.63) is 34.3 Å². The van der Waals surface area contributed by atoms with E-state index in [1.54, 1.807) is 4.90 Å². The summed E-state index contributed by atoms with van der Waals surface area (Å²) >= 11 is 3.41. The van der Waals surface area contributed by atoms with Crippen LogP contribution in [0.2, 0.25) is 0 Å². The number of carbonyl (C=O) groups excluding carboxylic acids is 2. The minimum absolute atomic E-state index is 0.0202. The standard InChI is InChI=1S/C16H21BrN2O2/c1-11(10-13-5-7-14(17)8-6-13)18-16(21)15-4-3-9-19(15)12(2)20/h5-8,11,15H,3-4,9-10H2,1-2H3,(H,18,21). The van der Waals surface area contributed by atoms with Crippen molar-refractivity contribution in [3.63, 3.8) is 0 Å². The van der Waals surface area contributed by atoms with Crippen LogP contribution < -0.4 is 5.32 Å². The highest BCUT2D eigenvalue weighted by Gasteiger charge is 2.32. The van der Waals surface area contributed by atoms with Crippen molar-refractivity contribution in [2.75, 3.05) is 6.54 Å². The molecular formula is C16H21BrN2O2. The van der Waals surface area contributed by atoms with Gasteiger partial charge in [-0.15, -0.1) is 0 Å². The second kappa shape index (κ2) is 7.07. The molecule has 4 nitrogen and oxygen atoms in total. The quantitative estimate of drug-likeness (QED) is 0.904. The third-order valence-electron chi connectivity index (χ3n) is 3.80. The van der Waals surface area contributed by atoms with Gasteiger partial charge in [-0.2, -0.15) is 0 Å². The Morgan fingerprint density at radius 1 is 1.38 bits per heavy atom. The van der Waals surface area contributed by atoms with Crippen LogP contribution in [0.15, 0.2) is 28.7 Å². The Labute approximate surface area is 134 Å². The molecular weight excluding hydrogens is 332 g/mol. The molecule has 0 spiro atoms. The minimum atomic E-state index is -0.296. The van der Waals surface area contributed by atoms with Gasteiger partial charge in [-0.05, 0) is 43.9 Å². The largest absolute Gasteiger partial charge is 0.352 e. The van der Waals surface area contributed by atoms with Gasteiger partial charge < -0.3 is 10.2 Å². The summed E-state index contributed by atoms with van der Waals surface area (Å²) in [6.07, 6.45) is 2.45. The van der Waals surface area contributed by atoms with E-state index >= 15 is 0 Å². The zero-order chi connectivity index (χ0) is 15.4. The molecule has 1 fully saturated rings. The Hall–Kier alpha value is -1.36.